The van der Waals surface area contributed by atoms with Crippen LogP contribution in [0.2, 0.25) is 0 Å². The summed E-state index contributed by atoms with van der Waals surface area (Å²) in [7, 11) is 0. The van der Waals surface area contributed by atoms with Gasteiger partial charge in [-0.1, -0.05) is 19.3 Å². The lowest BCUT2D eigenvalue weighted by Gasteiger charge is -2.21. The van der Waals surface area contributed by atoms with E-state index in [4.69, 9.17) is 0 Å². The maximum absolute atomic E-state index is 12.4. The summed E-state index contributed by atoms with van der Waals surface area (Å²) in [6.45, 7) is 0. The molecule has 0 atom stereocenters. The Bertz CT molecular complexity index is 356. The van der Waals surface area contributed by atoms with Crippen molar-refractivity contribution in [3.8, 4) is 0 Å². The molecule has 0 aromatic carbocycles. The molecule has 1 aromatic heterocycles. The lowest BCUT2D eigenvalue weighted by atomic mass is 9.87. The molecule has 1 aliphatic carbocycles. The highest BCUT2D eigenvalue weighted by Crippen LogP contribution is 2.33. The van der Waals surface area contributed by atoms with E-state index in [1.807, 2.05) is 0 Å². The maximum Gasteiger partial charge on any atom is 0.451 e. The number of alkyl halides is 3. The van der Waals surface area contributed by atoms with E-state index in [1.165, 1.54) is 12.6 Å². The molecule has 1 heterocycles. The van der Waals surface area contributed by atoms with Crippen molar-refractivity contribution in [2.45, 2.75) is 44.2 Å². The molecule has 5 heteroatoms. The Kier molecular flexibility index (Phi) is 3.12. The van der Waals surface area contributed by atoms with E-state index >= 15 is 0 Å². The molecule has 2 nitrogen and oxygen atoms in total. The molecule has 16 heavy (non-hydrogen) atoms. The predicted octanol–water partition coefficient (Wildman–Crippen LogP) is 3.54. The van der Waals surface area contributed by atoms with Gasteiger partial charge in [0.2, 0.25) is 5.82 Å². The summed E-state index contributed by atoms with van der Waals surface area (Å²) in [4.78, 5) is 6.90. The molecule has 1 saturated carbocycles. The highest BCUT2D eigenvalue weighted by atomic mass is 19.4. The summed E-state index contributed by atoms with van der Waals surface area (Å²) >= 11 is 0. The molecule has 0 unspecified atom stereocenters. The zero-order valence-electron chi connectivity index (χ0n) is 8.80. The van der Waals surface area contributed by atoms with Gasteiger partial charge in [-0.3, -0.25) is 0 Å². The fraction of sp³-hybridized carbons (Fsp3) is 0.636. The molecule has 0 saturated heterocycles. The van der Waals surface area contributed by atoms with Gasteiger partial charge in [-0.25, -0.2) is 9.97 Å². The van der Waals surface area contributed by atoms with Crippen molar-refractivity contribution in [2.24, 2.45) is 0 Å². The van der Waals surface area contributed by atoms with E-state index in [1.54, 1.807) is 6.07 Å². The van der Waals surface area contributed by atoms with Crippen LogP contribution in [0.1, 0.15) is 49.5 Å². The molecule has 0 radical (unpaired) electrons. The molecular weight excluding hydrogens is 217 g/mol. The smallest absolute Gasteiger partial charge is 0.233 e. The first-order valence-electron chi connectivity index (χ1n) is 5.47. The Morgan fingerprint density at radius 3 is 2.44 bits per heavy atom. The SMILES string of the molecule is FC(F)(F)c1nccc(C2CCCCC2)n1. The fourth-order valence-corrected chi connectivity index (χ4v) is 2.13. The van der Waals surface area contributed by atoms with Gasteiger partial charge in [-0.15, -0.1) is 0 Å². The molecule has 2 rings (SSSR count). The van der Waals surface area contributed by atoms with E-state index in [0.29, 0.717) is 5.69 Å². The molecule has 0 aliphatic heterocycles. The molecule has 0 amide bonds. The molecular formula is C11H13F3N2. The second-order valence-corrected chi connectivity index (χ2v) is 4.14. The van der Waals surface area contributed by atoms with Gasteiger partial charge in [0.25, 0.3) is 0 Å². The number of halogens is 3. The van der Waals surface area contributed by atoms with Crippen LogP contribution in [0.5, 0.6) is 0 Å². The highest BCUT2D eigenvalue weighted by Gasteiger charge is 2.35. The standard InChI is InChI=1S/C11H13F3N2/c12-11(13,14)10-15-7-6-9(16-10)8-4-2-1-3-5-8/h6-8H,1-5H2. The van der Waals surface area contributed by atoms with Crippen LogP contribution in [0.3, 0.4) is 0 Å². The summed E-state index contributed by atoms with van der Waals surface area (Å²) in [5.74, 6) is -0.839. The predicted molar refractivity (Wildman–Crippen MR) is 52.9 cm³/mol. The highest BCUT2D eigenvalue weighted by molar-refractivity contribution is 5.10. The van der Waals surface area contributed by atoms with Crippen LogP contribution in [0.15, 0.2) is 12.3 Å². The van der Waals surface area contributed by atoms with Crippen molar-refractivity contribution < 1.29 is 13.2 Å². The zero-order chi connectivity index (χ0) is 11.6. The van der Waals surface area contributed by atoms with Gasteiger partial charge in [0.15, 0.2) is 0 Å². The van der Waals surface area contributed by atoms with Gasteiger partial charge < -0.3 is 0 Å². The third kappa shape index (κ3) is 2.51. The number of rotatable bonds is 1. The average molecular weight is 230 g/mol. The van der Waals surface area contributed by atoms with Crippen LogP contribution in [0, 0.1) is 0 Å². The average Bonchev–Trinajstić information content (AvgIpc) is 2.29. The summed E-state index contributed by atoms with van der Waals surface area (Å²) < 4.78 is 37.2. The Hall–Kier alpha value is -1.13. The van der Waals surface area contributed by atoms with Crippen molar-refractivity contribution in [1.82, 2.24) is 9.97 Å². The van der Waals surface area contributed by atoms with E-state index in [2.05, 4.69) is 9.97 Å². The first-order chi connectivity index (χ1) is 7.57. The molecule has 1 aromatic rings. The monoisotopic (exact) mass is 230 g/mol. The molecule has 0 N–H and O–H groups in total. The zero-order valence-corrected chi connectivity index (χ0v) is 8.80. The second kappa shape index (κ2) is 4.39. The summed E-state index contributed by atoms with van der Waals surface area (Å²) in [6.07, 6.45) is 1.98. The molecule has 88 valence electrons. The van der Waals surface area contributed by atoms with Crippen LogP contribution < -0.4 is 0 Å². The molecule has 0 spiro atoms. The van der Waals surface area contributed by atoms with E-state index in [0.717, 1.165) is 25.7 Å². The van der Waals surface area contributed by atoms with Crippen LogP contribution in [-0.2, 0) is 6.18 Å². The lowest BCUT2D eigenvalue weighted by Crippen LogP contribution is -2.14. The summed E-state index contributed by atoms with van der Waals surface area (Å²) in [5, 5.41) is 0. The van der Waals surface area contributed by atoms with E-state index in [-0.39, 0.29) is 5.92 Å². The lowest BCUT2D eigenvalue weighted by molar-refractivity contribution is -0.145. The number of hydrogen-bond donors (Lipinski definition) is 0. The number of hydrogen-bond acceptors (Lipinski definition) is 2. The van der Waals surface area contributed by atoms with Crippen molar-refractivity contribution in [3.05, 3.63) is 23.8 Å². The Labute approximate surface area is 91.9 Å². The van der Waals surface area contributed by atoms with Crippen LogP contribution >= 0.6 is 0 Å². The third-order valence-corrected chi connectivity index (χ3v) is 2.95. The van der Waals surface area contributed by atoms with Gasteiger partial charge >= 0.3 is 6.18 Å². The quantitative estimate of drug-likeness (QED) is 0.737. The number of nitrogens with zero attached hydrogens (tertiary/aromatic N) is 2. The minimum Gasteiger partial charge on any atom is -0.233 e. The first-order valence-corrected chi connectivity index (χ1v) is 5.47. The van der Waals surface area contributed by atoms with Crippen molar-refractivity contribution >= 4 is 0 Å². The normalized spacial score (nSPS) is 18.7. The third-order valence-electron chi connectivity index (χ3n) is 2.95. The van der Waals surface area contributed by atoms with Crippen molar-refractivity contribution in [3.63, 3.8) is 0 Å². The maximum atomic E-state index is 12.4. The Balaban J connectivity index is 2.21. The van der Waals surface area contributed by atoms with E-state index < -0.39 is 12.0 Å². The Morgan fingerprint density at radius 1 is 1.12 bits per heavy atom. The minimum atomic E-state index is -4.44. The van der Waals surface area contributed by atoms with Crippen molar-refractivity contribution in [1.29, 1.82) is 0 Å². The summed E-state index contributed by atoms with van der Waals surface area (Å²) in [5.41, 5.74) is 0.544. The van der Waals surface area contributed by atoms with Gasteiger partial charge in [0, 0.05) is 17.8 Å². The van der Waals surface area contributed by atoms with Crippen LogP contribution in [-0.4, -0.2) is 9.97 Å². The number of aromatic nitrogens is 2. The topological polar surface area (TPSA) is 25.8 Å². The molecule has 1 aliphatic rings. The fourth-order valence-electron chi connectivity index (χ4n) is 2.13. The van der Waals surface area contributed by atoms with Gasteiger partial charge in [0.05, 0.1) is 0 Å². The van der Waals surface area contributed by atoms with Crippen LogP contribution in [0.4, 0.5) is 13.2 Å². The van der Waals surface area contributed by atoms with E-state index in [9.17, 15) is 13.2 Å². The van der Waals surface area contributed by atoms with Gasteiger partial charge in [0.1, 0.15) is 0 Å². The molecule has 0 bridgehead atoms. The van der Waals surface area contributed by atoms with Gasteiger partial charge in [-0.05, 0) is 18.9 Å². The second-order valence-electron chi connectivity index (χ2n) is 4.14. The van der Waals surface area contributed by atoms with Crippen LogP contribution in [0.25, 0.3) is 0 Å². The minimum absolute atomic E-state index is 0.179. The largest absolute Gasteiger partial charge is 0.451 e. The first kappa shape index (κ1) is 11.4. The Morgan fingerprint density at radius 2 is 1.81 bits per heavy atom. The van der Waals surface area contributed by atoms with Gasteiger partial charge in [-0.2, -0.15) is 13.2 Å². The summed E-state index contributed by atoms with van der Waals surface area (Å²) in [6, 6.07) is 1.60. The van der Waals surface area contributed by atoms with Crippen molar-refractivity contribution in [2.75, 3.05) is 0 Å². The molecule has 1 fully saturated rings.